The molecule has 4 N–H and O–H groups in total. The fourth-order valence-electron chi connectivity index (χ4n) is 1.49. The summed E-state index contributed by atoms with van der Waals surface area (Å²) in [7, 11) is 0. The lowest BCUT2D eigenvalue weighted by Gasteiger charge is -2.07. The highest BCUT2D eigenvalue weighted by molar-refractivity contribution is 6.07. The second-order valence-corrected chi connectivity index (χ2v) is 3.85. The van der Waals surface area contributed by atoms with Crippen molar-refractivity contribution in [1.29, 1.82) is 0 Å². The molecule has 0 atom stereocenters. The number of hydrogen-bond donors (Lipinski definition) is 3. The first-order valence-electron chi connectivity index (χ1n) is 5.29. The third kappa shape index (κ3) is 2.54. The number of nitrogens with zero attached hydrogens (tertiary/aromatic N) is 1. The van der Waals surface area contributed by atoms with Crippen LogP contribution in [-0.2, 0) is 0 Å². The van der Waals surface area contributed by atoms with Crippen LogP contribution in [0, 0.1) is 6.92 Å². The number of benzene rings is 1. The van der Waals surface area contributed by atoms with Crippen molar-refractivity contribution in [3.05, 3.63) is 51.8 Å². The molecule has 0 aliphatic rings. The van der Waals surface area contributed by atoms with Crippen molar-refractivity contribution in [2.45, 2.75) is 6.92 Å². The van der Waals surface area contributed by atoms with E-state index in [1.54, 1.807) is 18.2 Å². The van der Waals surface area contributed by atoms with Crippen molar-refractivity contribution < 1.29 is 4.79 Å². The summed E-state index contributed by atoms with van der Waals surface area (Å²) < 4.78 is 0. The molecule has 1 aromatic heterocycles. The van der Waals surface area contributed by atoms with Crippen molar-refractivity contribution in [3.63, 3.8) is 0 Å². The van der Waals surface area contributed by atoms with Gasteiger partial charge >= 0.3 is 0 Å². The number of nitrogens with one attached hydrogen (secondary N) is 2. The van der Waals surface area contributed by atoms with Crippen LogP contribution in [0.1, 0.15) is 15.9 Å². The van der Waals surface area contributed by atoms with Crippen LogP contribution in [0.2, 0.25) is 0 Å². The lowest BCUT2D eigenvalue weighted by Crippen LogP contribution is -2.17. The maximum Gasteiger partial charge on any atom is 0.264 e. The molecule has 1 amide bonds. The largest absolute Gasteiger partial charge is 0.398 e. The fourth-order valence-corrected chi connectivity index (χ4v) is 1.49. The fraction of sp³-hybridized carbons (Fsp3) is 0.0833. The van der Waals surface area contributed by atoms with Crippen molar-refractivity contribution >= 4 is 17.4 Å². The van der Waals surface area contributed by atoms with Crippen molar-refractivity contribution in [3.8, 4) is 0 Å². The van der Waals surface area contributed by atoms with E-state index in [9.17, 15) is 9.59 Å². The molecule has 0 spiro atoms. The summed E-state index contributed by atoms with van der Waals surface area (Å²) >= 11 is 0. The zero-order valence-electron chi connectivity index (χ0n) is 9.73. The zero-order chi connectivity index (χ0) is 13.1. The molecule has 2 rings (SSSR count). The van der Waals surface area contributed by atoms with Gasteiger partial charge in [-0.15, -0.1) is 0 Å². The van der Waals surface area contributed by atoms with Gasteiger partial charge in [0.25, 0.3) is 11.5 Å². The monoisotopic (exact) mass is 244 g/mol. The molecule has 6 nitrogen and oxygen atoms in total. The summed E-state index contributed by atoms with van der Waals surface area (Å²) in [6.45, 7) is 1.89. The summed E-state index contributed by atoms with van der Waals surface area (Å²) in [5.74, 6) is -0.105. The van der Waals surface area contributed by atoms with Crippen molar-refractivity contribution in [2.24, 2.45) is 0 Å². The molecule has 92 valence electrons. The number of rotatable bonds is 2. The first kappa shape index (κ1) is 11.8. The Labute approximate surface area is 103 Å². The Morgan fingerprint density at radius 3 is 2.72 bits per heavy atom. The van der Waals surface area contributed by atoms with Gasteiger partial charge in [-0.05, 0) is 30.7 Å². The van der Waals surface area contributed by atoms with Gasteiger partial charge in [-0.2, -0.15) is 5.10 Å². The smallest absolute Gasteiger partial charge is 0.264 e. The number of aromatic amines is 1. The molecule has 0 unspecified atom stereocenters. The number of amides is 1. The first-order valence-corrected chi connectivity index (χ1v) is 5.29. The molecule has 0 aliphatic heterocycles. The summed E-state index contributed by atoms with van der Waals surface area (Å²) in [4.78, 5) is 22.7. The number of hydrogen-bond acceptors (Lipinski definition) is 4. The number of nitrogen functional groups attached to an aromatic ring is 1. The zero-order valence-corrected chi connectivity index (χ0v) is 9.73. The number of aromatic nitrogens is 2. The number of carbonyl (C=O) groups excluding carboxylic acids is 1. The molecule has 6 heteroatoms. The maximum absolute atomic E-state index is 11.9. The van der Waals surface area contributed by atoms with E-state index < -0.39 is 0 Å². The predicted octanol–water partition coefficient (Wildman–Crippen LogP) is 0.913. The van der Waals surface area contributed by atoms with E-state index in [4.69, 9.17) is 5.73 Å². The number of aryl methyl sites for hydroxylation is 1. The molecule has 1 aromatic carbocycles. The molecule has 0 radical (unpaired) electrons. The maximum atomic E-state index is 11.9. The summed E-state index contributed by atoms with van der Waals surface area (Å²) in [5, 5.41) is 8.46. The Morgan fingerprint density at radius 2 is 2.11 bits per heavy atom. The van der Waals surface area contributed by atoms with E-state index in [1.165, 1.54) is 12.1 Å². The van der Waals surface area contributed by atoms with Gasteiger partial charge in [0.15, 0.2) is 5.82 Å². The second-order valence-electron chi connectivity index (χ2n) is 3.85. The molecule has 18 heavy (non-hydrogen) atoms. The molecule has 0 fully saturated rings. The Kier molecular flexibility index (Phi) is 3.09. The van der Waals surface area contributed by atoms with Crippen LogP contribution in [0.25, 0.3) is 0 Å². The SMILES string of the molecule is Cc1ccc(C(=O)Nc2ccc(=O)[nH]n2)c(N)c1. The van der Waals surface area contributed by atoms with Crippen LogP contribution in [0.4, 0.5) is 11.5 Å². The van der Waals surface area contributed by atoms with Gasteiger partial charge in [-0.3, -0.25) is 9.59 Å². The Bertz CT molecular complexity index is 628. The molecule has 0 saturated carbocycles. The van der Waals surface area contributed by atoms with E-state index >= 15 is 0 Å². The highest BCUT2D eigenvalue weighted by Gasteiger charge is 2.10. The van der Waals surface area contributed by atoms with E-state index in [0.717, 1.165) is 5.56 Å². The van der Waals surface area contributed by atoms with Crippen LogP contribution in [-0.4, -0.2) is 16.1 Å². The van der Waals surface area contributed by atoms with Gasteiger partial charge in [0, 0.05) is 11.8 Å². The van der Waals surface area contributed by atoms with Gasteiger partial charge in [0.1, 0.15) is 0 Å². The third-order valence-corrected chi connectivity index (χ3v) is 2.37. The summed E-state index contributed by atoms with van der Waals surface area (Å²) in [6.07, 6.45) is 0. The van der Waals surface area contributed by atoms with Crippen LogP contribution in [0.3, 0.4) is 0 Å². The van der Waals surface area contributed by atoms with Gasteiger partial charge in [0.05, 0.1) is 5.56 Å². The minimum Gasteiger partial charge on any atom is -0.398 e. The molecular weight excluding hydrogens is 232 g/mol. The highest BCUT2D eigenvalue weighted by atomic mass is 16.2. The number of carbonyl (C=O) groups is 1. The predicted molar refractivity (Wildman–Crippen MR) is 68.4 cm³/mol. The third-order valence-electron chi connectivity index (χ3n) is 2.37. The van der Waals surface area contributed by atoms with Crippen LogP contribution in [0.5, 0.6) is 0 Å². The molecule has 0 aliphatic carbocycles. The first-order chi connectivity index (χ1) is 8.56. The minimum absolute atomic E-state index is 0.263. The van der Waals surface area contributed by atoms with E-state index in [1.807, 2.05) is 6.92 Å². The Morgan fingerprint density at radius 1 is 1.33 bits per heavy atom. The highest BCUT2D eigenvalue weighted by Crippen LogP contribution is 2.15. The van der Waals surface area contributed by atoms with E-state index in [0.29, 0.717) is 11.3 Å². The van der Waals surface area contributed by atoms with Crippen LogP contribution < -0.4 is 16.6 Å². The van der Waals surface area contributed by atoms with E-state index in [2.05, 4.69) is 15.5 Å². The molecular formula is C12H12N4O2. The standard InChI is InChI=1S/C12H12N4O2/c1-7-2-3-8(9(13)6-7)12(18)14-10-4-5-11(17)16-15-10/h2-6H,13H2,1H3,(H,16,17)(H,14,15,18). The average molecular weight is 244 g/mol. The van der Waals surface area contributed by atoms with Gasteiger partial charge in [-0.1, -0.05) is 6.07 Å². The number of anilines is 2. The Balaban J connectivity index is 2.22. The number of nitrogens with two attached hydrogens (primary N) is 1. The average Bonchev–Trinajstić information content (AvgIpc) is 2.32. The van der Waals surface area contributed by atoms with Crippen molar-refractivity contribution in [2.75, 3.05) is 11.1 Å². The lowest BCUT2D eigenvalue weighted by molar-refractivity contribution is 0.102. The van der Waals surface area contributed by atoms with Gasteiger partial charge < -0.3 is 11.1 Å². The molecule has 0 bridgehead atoms. The van der Waals surface area contributed by atoms with Gasteiger partial charge in [0.2, 0.25) is 0 Å². The van der Waals surface area contributed by atoms with E-state index in [-0.39, 0.29) is 17.3 Å². The molecule has 1 heterocycles. The summed E-state index contributed by atoms with van der Waals surface area (Å²) in [6, 6.07) is 7.86. The van der Waals surface area contributed by atoms with Crippen molar-refractivity contribution in [1.82, 2.24) is 10.2 Å². The van der Waals surface area contributed by atoms with Gasteiger partial charge in [-0.25, -0.2) is 5.10 Å². The minimum atomic E-state index is -0.368. The topological polar surface area (TPSA) is 101 Å². The number of H-pyrrole nitrogens is 1. The summed E-state index contributed by atoms with van der Waals surface area (Å²) in [5.41, 5.74) is 7.18. The van der Waals surface area contributed by atoms with Crippen LogP contribution >= 0.6 is 0 Å². The Hall–Kier alpha value is -2.63. The molecule has 2 aromatic rings. The van der Waals surface area contributed by atoms with Crippen LogP contribution in [0.15, 0.2) is 35.1 Å². The molecule has 0 saturated heterocycles. The quantitative estimate of drug-likeness (QED) is 0.683. The normalized spacial score (nSPS) is 10.1. The lowest BCUT2D eigenvalue weighted by atomic mass is 10.1. The second kappa shape index (κ2) is 4.70.